The molecule has 226 valence electrons. The highest BCUT2D eigenvalue weighted by Gasteiger charge is 2.34. The fraction of sp³-hybridized carbons (Fsp3) is 0.525. The number of aromatic hydroxyl groups is 1. The van der Waals surface area contributed by atoms with Gasteiger partial charge in [0.15, 0.2) is 0 Å². The molecule has 0 bridgehead atoms. The van der Waals surface area contributed by atoms with Gasteiger partial charge < -0.3 is 5.11 Å². The molecule has 0 spiro atoms. The fourth-order valence-electron chi connectivity index (χ4n) is 6.87. The number of phenolic OH excluding ortho intramolecular Hbond substituents is 1. The highest BCUT2D eigenvalue weighted by Crippen LogP contribution is 2.44. The number of aryl methyl sites for hydroxylation is 1. The zero-order chi connectivity index (χ0) is 29.6. The van der Waals surface area contributed by atoms with Crippen molar-refractivity contribution in [3.8, 4) is 5.75 Å². The van der Waals surface area contributed by atoms with Crippen LogP contribution in [0.25, 0.3) is 0 Å². The summed E-state index contributed by atoms with van der Waals surface area (Å²) in [5, 5.41) is 11.9. The largest absolute Gasteiger partial charge is 0.507 e. The molecule has 2 atom stereocenters. The second-order valence-corrected chi connectivity index (χ2v) is 13.0. The van der Waals surface area contributed by atoms with E-state index in [0.29, 0.717) is 17.7 Å². The quantitative estimate of drug-likeness (QED) is 0.105. The molecule has 0 aromatic heterocycles. The molecule has 0 aliphatic heterocycles. The van der Waals surface area contributed by atoms with Crippen LogP contribution in [0.2, 0.25) is 0 Å². The maximum atomic E-state index is 11.9. The Labute approximate surface area is 256 Å². The Morgan fingerprint density at radius 1 is 0.762 bits per heavy atom. The summed E-state index contributed by atoms with van der Waals surface area (Å²) < 4.78 is 0. The summed E-state index contributed by atoms with van der Waals surface area (Å²) in [7, 11) is 0. The molecule has 0 saturated heterocycles. The van der Waals surface area contributed by atoms with Gasteiger partial charge in [-0.05, 0) is 61.3 Å². The molecule has 1 aliphatic rings. The van der Waals surface area contributed by atoms with E-state index in [4.69, 9.17) is 4.99 Å². The summed E-state index contributed by atoms with van der Waals surface area (Å²) >= 11 is 0. The van der Waals surface area contributed by atoms with Crippen molar-refractivity contribution in [1.82, 2.24) is 0 Å². The van der Waals surface area contributed by atoms with Gasteiger partial charge in [0.25, 0.3) is 0 Å². The van der Waals surface area contributed by atoms with Gasteiger partial charge >= 0.3 is 0 Å². The third-order valence-corrected chi connectivity index (χ3v) is 9.73. The Kier molecular flexibility index (Phi) is 12.7. The highest BCUT2D eigenvalue weighted by molar-refractivity contribution is 5.85. The van der Waals surface area contributed by atoms with Gasteiger partial charge in [0.1, 0.15) is 5.75 Å². The topological polar surface area (TPSA) is 32.6 Å². The maximum Gasteiger partial charge on any atom is 0.128 e. The summed E-state index contributed by atoms with van der Waals surface area (Å²) in [6.07, 6.45) is 21.4. The van der Waals surface area contributed by atoms with Crippen LogP contribution in [-0.2, 0) is 11.8 Å². The molecule has 2 heteroatoms. The lowest BCUT2D eigenvalue weighted by atomic mass is 9.70. The number of aliphatic imine (C=N–C) groups is 1. The van der Waals surface area contributed by atoms with Crippen molar-refractivity contribution >= 4 is 6.21 Å². The molecule has 1 aliphatic carbocycles. The van der Waals surface area contributed by atoms with Crippen LogP contribution in [0, 0.1) is 5.92 Å². The SMILES string of the molecule is CCCCCCCCCCCCc1cc(C=NC2CCCCC2C)c(O)c(C(C)(c2ccccc2)c2ccccc2)c1. The number of nitrogens with zero attached hydrogens (tertiary/aromatic N) is 1. The second kappa shape index (κ2) is 16.7. The van der Waals surface area contributed by atoms with Crippen molar-refractivity contribution in [3.05, 3.63) is 101 Å². The molecule has 2 nitrogen and oxygen atoms in total. The van der Waals surface area contributed by atoms with Crippen LogP contribution in [0.4, 0.5) is 0 Å². The minimum absolute atomic E-state index is 0.349. The standard InChI is InChI=1S/C40H55NO/c1-4-5-6-7-8-9-10-11-12-15-23-33-29-34(31-41-38-28-21-20-22-32(38)2)39(42)37(30-33)40(3,35-24-16-13-17-25-35)36-26-18-14-19-27-36/h13-14,16-19,24-27,29-32,38,42H,4-12,15,20-23,28H2,1-3H3. The molecule has 42 heavy (non-hydrogen) atoms. The molecule has 0 radical (unpaired) electrons. The van der Waals surface area contributed by atoms with Gasteiger partial charge in [0.2, 0.25) is 0 Å². The van der Waals surface area contributed by atoms with Crippen molar-refractivity contribution in [2.75, 3.05) is 0 Å². The molecule has 1 N–H and O–H groups in total. The van der Waals surface area contributed by atoms with Crippen molar-refractivity contribution in [2.45, 2.75) is 129 Å². The van der Waals surface area contributed by atoms with Crippen LogP contribution in [0.5, 0.6) is 5.75 Å². The number of unbranched alkanes of at least 4 members (excludes halogenated alkanes) is 9. The smallest absolute Gasteiger partial charge is 0.128 e. The van der Waals surface area contributed by atoms with E-state index in [-0.39, 0.29) is 0 Å². The normalized spacial score (nSPS) is 17.6. The van der Waals surface area contributed by atoms with Crippen LogP contribution in [0.15, 0.2) is 77.8 Å². The zero-order valence-corrected chi connectivity index (χ0v) is 26.7. The highest BCUT2D eigenvalue weighted by atomic mass is 16.3. The van der Waals surface area contributed by atoms with Crippen molar-refractivity contribution < 1.29 is 5.11 Å². The summed E-state index contributed by atoms with van der Waals surface area (Å²) in [5.41, 5.74) is 5.03. The zero-order valence-electron chi connectivity index (χ0n) is 26.7. The van der Waals surface area contributed by atoms with Crippen LogP contribution in [-0.4, -0.2) is 17.4 Å². The van der Waals surface area contributed by atoms with Crippen molar-refractivity contribution in [2.24, 2.45) is 10.9 Å². The molecule has 0 heterocycles. The van der Waals surface area contributed by atoms with Gasteiger partial charge in [-0.1, -0.05) is 151 Å². The Hall–Kier alpha value is -2.87. The third-order valence-electron chi connectivity index (χ3n) is 9.73. The van der Waals surface area contributed by atoms with Gasteiger partial charge in [-0.25, -0.2) is 0 Å². The monoisotopic (exact) mass is 565 g/mol. The maximum absolute atomic E-state index is 11.9. The molecule has 0 amide bonds. The first-order valence-electron chi connectivity index (χ1n) is 17.0. The number of hydrogen-bond acceptors (Lipinski definition) is 2. The molecular weight excluding hydrogens is 510 g/mol. The van der Waals surface area contributed by atoms with Crippen LogP contribution < -0.4 is 0 Å². The average molecular weight is 566 g/mol. The number of rotatable bonds is 16. The van der Waals surface area contributed by atoms with E-state index in [1.165, 1.54) is 100 Å². The minimum Gasteiger partial charge on any atom is -0.507 e. The van der Waals surface area contributed by atoms with Gasteiger partial charge in [0, 0.05) is 22.8 Å². The van der Waals surface area contributed by atoms with Crippen LogP contribution >= 0.6 is 0 Å². The van der Waals surface area contributed by atoms with E-state index in [9.17, 15) is 5.11 Å². The molecule has 4 rings (SSSR count). The Morgan fingerprint density at radius 2 is 1.31 bits per heavy atom. The molecule has 2 unspecified atom stereocenters. The van der Waals surface area contributed by atoms with Crippen molar-refractivity contribution in [3.63, 3.8) is 0 Å². The van der Waals surface area contributed by atoms with E-state index in [2.05, 4.69) is 93.6 Å². The second-order valence-electron chi connectivity index (χ2n) is 13.0. The number of benzene rings is 3. The van der Waals surface area contributed by atoms with Gasteiger partial charge in [-0.2, -0.15) is 0 Å². The van der Waals surface area contributed by atoms with E-state index >= 15 is 0 Å². The van der Waals surface area contributed by atoms with E-state index in [1.54, 1.807) is 0 Å². The summed E-state index contributed by atoms with van der Waals surface area (Å²) in [6.45, 7) is 6.88. The summed E-state index contributed by atoms with van der Waals surface area (Å²) in [5.74, 6) is 0.967. The van der Waals surface area contributed by atoms with Crippen molar-refractivity contribution in [1.29, 1.82) is 0 Å². The number of phenols is 1. The first-order chi connectivity index (χ1) is 20.5. The molecule has 1 saturated carbocycles. The van der Waals surface area contributed by atoms with Crippen LogP contribution in [0.3, 0.4) is 0 Å². The Morgan fingerprint density at radius 3 is 1.88 bits per heavy atom. The fourth-order valence-corrected chi connectivity index (χ4v) is 6.87. The van der Waals surface area contributed by atoms with Gasteiger partial charge in [0.05, 0.1) is 6.04 Å². The minimum atomic E-state index is -0.485. The number of hydrogen-bond donors (Lipinski definition) is 1. The predicted molar refractivity (Wildman–Crippen MR) is 181 cm³/mol. The average Bonchev–Trinajstić information content (AvgIpc) is 3.03. The van der Waals surface area contributed by atoms with Gasteiger partial charge in [-0.15, -0.1) is 0 Å². The van der Waals surface area contributed by atoms with Gasteiger partial charge in [-0.3, -0.25) is 4.99 Å². The summed E-state index contributed by atoms with van der Waals surface area (Å²) in [4.78, 5) is 5.08. The molecule has 3 aromatic rings. The summed E-state index contributed by atoms with van der Waals surface area (Å²) in [6, 6.07) is 26.2. The lowest BCUT2D eigenvalue weighted by Crippen LogP contribution is -2.26. The van der Waals surface area contributed by atoms with E-state index in [0.717, 1.165) is 24.0 Å². The predicted octanol–water partition coefficient (Wildman–Crippen LogP) is 11.2. The third kappa shape index (κ3) is 8.59. The molecule has 1 fully saturated rings. The van der Waals surface area contributed by atoms with E-state index < -0.39 is 5.41 Å². The first kappa shape index (κ1) is 32.1. The first-order valence-corrected chi connectivity index (χ1v) is 17.0. The lowest BCUT2D eigenvalue weighted by molar-refractivity contribution is 0.333. The Bertz CT molecular complexity index is 1180. The molecular formula is C40H55NO. The lowest BCUT2D eigenvalue weighted by Gasteiger charge is -2.33. The van der Waals surface area contributed by atoms with E-state index in [1.807, 2.05) is 6.21 Å². The van der Waals surface area contributed by atoms with Crippen LogP contribution in [0.1, 0.15) is 138 Å². The molecule has 3 aromatic carbocycles. The Balaban J connectivity index is 1.59.